The lowest BCUT2D eigenvalue weighted by Crippen LogP contribution is -2.04. The van der Waals surface area contributed by atoms with Gasteiger partial charge in [-0.05, 0) is 40.6 Å². The van der Waals surface area contributed by atoms with Gasteiger partial charge >= 0.3 is 0 Å². The van der Waals surface area contributed by atoms with Gasteiger partial charge in [0.15, 0.2) is 0 Å². The largest absolute Gasteiger partial charge is 0.378 e. The first-order chi connectivity index (χ1) is 6.65. The van der Waals surface area contributed by atoms with Crippen LogP contribution in [0.5, 0.6) is 0 Å². The Hall–Kier alpha value is -0.540. The van der Waals surface area contributed by atoms with Crippen molar-refractivity contribution in [2.45, 2.75) is 6.92 Å². The van der Waals surface area contributed by atoms with Crippen molar-refractivity contribution in [3.8, 4) is 0 Å². The van der Waals surface area contributed by atoms with Gasteiger partial charge in [-0.25, -0.2) is 4.39 Å². The smallest absolute Gasteiger partial charge is 0.147 e. The number of anilines is 1. The maximum Gasteiger partial charge on any atom is 0.147 e. The minimum atomic E-state index is -0.276. The standard InChI is InChI=1S/C10H10BrClFN/c1-7(5-12)6-14-10-8(11)3-2-4-9(10)13/h2-5,14H,6H2,1H3/b7-5-. The summed E-state index contributed by atoms with van der Waals surface area (Å²) in [5.41, 5.74) is 2.88. The third kappa shape index (κ3) is 3.00. The summed E-state index contributed by atoms with van der Waals surface area (Å²) in [6.45, 7) is 2.40. The zero-order valence-electron chi connectivity index (χ0n) is 7.65. The number of para-hydroxylation sites is 1. The minimum Gasteiger partial charge on any atom is -0.378 e. The molecule has 0 saturated heterocycles. The second-order valence-electron chi connectivity index (χ2n) is 2.91. The molecule has 1 N–H and O–H groups in total. The molecule has 0 atom stereocenters. The molecule has 0 aliphatic rings. The second-order valence-corrected chi connectivity index (χ2v) is 3.98. The Morgan fingerprint density at radius 3 is 2.93 bits per heavy atom. The highest BCUT2D eigenvalue weighted by molar-refractivity contribution is 9.10. The Balaban J connectivity index is 2.76. The molecule has 0 aliphatic heterocycles. The van der Waals surface area contributed by atoms with Crippen LogP contribution in [0.3, 0.4) is 0 Å². The molecule has 0 fully saturated rings. The minimum absolute atomic E-state index is 0.276. The first-order valence-corrected chi connectivity index (χ1v) is 5.32. The molecular weight excluding hydrogens is 268 g/mol. The van der Waals surface area contributed by atoms with Crippen LogP contribution in [-0.2, 0) is 0 Å². The second kappa shape index (κ2) is 5.37. The quantitative estimate of drug-likeness (QED) is 0.876. The molecule has 0 heterocycles. The van der Waals surface area contributed by atoms with E-state index in [4.69, 9.17) is 11.6 Å². The van der Waals surface area contributed by atoms with Gasteiger partial charge in [-0.3, -0.25) is 0 Å². The van der Waals surface area contributed by atoms with Gasteiger partial charge in [-0.1, -0.05) is 17.7 Å². The molecular formula is C10H10BrClFN. The highest BCUT2D eigenvalue weighted by Crippen LogP contribution is 2.25. The van der Waals surface area contributed by atoms with Crippen molar-refractivity contribution in [2.24, 2.45) is 0 Å². The van der Waals surface area contributed by atoms with Crippen molar-refractivity contribution in [3.05, 3.63) is 39.6 Å². The van der Waals surface area contributed by atoms with Crippen molar-refractivity contribution >= 4 is 33.2 Å². The van der Waals surface area contributed by atoms with Crippen LogP contribution in [0.4, 0.5) is 10.1 Å². The summed E-state index contributed by atoms with van der Waals surface area (Å²) >= 11 is 8.75. The van der Waals surface area contributed by atoms with Gasteiger partial charge in [0.2, 0.25) is 0 Å². The fourth-order valence-corrected chi connectivity index (χ4v) is 1.49. The predicted molar refractivity (Wildman–Crippen MR) is 62.2 cm³/mol. The zero-order chi connectivity index (χ0) is 10.6. The molecule has 76 valence electrons. The lowest BCUT2D eigenvalue weighted by molar-refractivity contribution is 0.630. The van der Waals surface area contributed by atoms with Gasteiger partial charge in [0.25, 0.3) is 0 Å². The highest BCUT2D eigenvalue weighted by Gasteiger charge is 2.04. The topological polar surface area (TPSA) is 12.0 Å². The van der Waals surface area contributed by atoms with E-state index >= 15 is 0 Å². The van der Waals surface area contributed by atoms with Crippen LogP contribution in [0.1, 0.15) is 6.92 Å². The third-order valence-electron chi connectivity index (χ3n) is 1.69. The SMILES string of the molecule is C/C(=C/Cl)CNc1c(F)cccc1Br. The van der Waals surface area contributed by atoms with Crippen LogP contribution < -0.4 is 5.32 Å². The van der Waals surface area contributed by atoms with Gasteiger partial charge in [-0.2, -0.15) is 0 Å². The summed E-state index contributed by atoms with van der Waals surface area (Å²) < 4.78 is 14.0. The van der Waals surface area contributed by atoms with E-state index in [1.54, 1.807) is 12.1 Å². The molecule has 0 unspecified atom stereocenters. The van der Waals surface area contributed by atoms with Crippen LogP contribution in [-0.4, -0.2) is 6.54 Å². The molecule has 1 aromatic rings. The highest BCUT2D eigenvalue weighted by atomic mass is 79.9. The number of rotatable bonds is 3. The summed E-state index contributed by atoms with van der Waals surface area (Å²) in [5.74, 6) is -0.276. The van der Waals surface area contributed by atoms with Crippen molar-refractivity contribution in [2.75, 3.05) is 11.9 Å². The number of benzene rings is 1. The first kappa shape index (κ1) is 11.5. The monoisotopic (exact) mass is 277 g/mol. The number of hydrogen-bond donors (Lipinski definition) is 1. The van der Waals surface area contributed by atoms with Crippen LogP contribution in [0.2, 0.25) is 0 Å². The molecule has 0 radical (unpaired) electrons. The maximum atomic E-state index is 13.3. The molecule has 0 saturated carbocycles. The summed E-state index contributed by atoms with van der Waals surface area (Å²) in [7, 11) is 0. The van der Waals surface area contributed by atoms with Crippen molar-refractivity contribution in [1.29, 1.82) is 0 Å². The molecule has 1 aromatic carbocycles. The molecule has 0 spiro atoms. The van der Waals surface area contributed by atoms with E-state index < -0.39 is 0 Å². The zero-order valence-corrected chi connectivity index (χ0v) is 9.99. The van der Waals surface area contributed by atoms with Gasteiger partial charge < -0.3 is 5.32 Å². The Morgan fingerprint density at radius 2 is 2.36 bits per heavy atom. The van der Waals surface area contributed by atoms with Crippen molar-refractivity contribution < 1.29 is 4.39 Å². The summed E-state index contributed by atoms with van der Waals surface area (Å²) in [4.78, 5) is 0. The summed E-state index contributed by atoms with van der Waals surface area (Å²) in [5, 5.41) is 2.96. The third-order valence-corrected chi connectivity index (χ3v) is 2.73. The fourth-order valence-electron chi connectivity index (χ4n) is 0.933. The summed E-state index contributed by atoms with van der Waals surface area (Å²) in [6.07, 6.45) is 0. The molecule has 0 amide bonds. The summed E-state index contributed by atoms with van der Waals surface area (Å²) in [6, 6.07) is 4.84. The number of nitrogens with one attached hydrogen (secondary N) is 1. The normalized spacial score (nSPS) is 11.6. The lowest BCUT2D eigenvalue weighted by Gasteiger charge is -2.09. The molecule has 0 bridgehead atoms. The first-order valence-electron chi connectivity index (χ1n) is 4.09. The Bertz CT molecular complexity index is 332. The van der Waals surface area contributed by atoms with Crippen LogP contribution >= 0.6 is 27.5 Å². The lowest BCUT2D eigenvalue weighted by atomic mass is 10.3. The maximum absolute atomic E-state index is 13.3. The van der Waals surface area contributed by atoms with Gasteiger partial charge in [0, 0.05) is 16.6 Å². The van der Waals surface area contributed by atoms with Gasteiger partial charge in [-0.15, -0.1) is 0 Å². The van der Waals surface area contributed by atoms with E-state index in [1.165, 1.54) is 11.6 Å². The Kier molecular flexibility index (Phi) is 4.42. The van der Waals surface area contributed by atoms with E-state index in [2.05, 4.69) is 21.2 Å². The average molecular weight is 279 g/mol. The van der Waals surface area contributed by atoms with E-state index in [0.717, 1.165) is 5.57 Å². The Labute approximate surface area is 96.1 Å². The fraction of sp³-hybridized carbons (Fsp3) is 0.200. The van der Waals surface area contributed by atoms with Gasteiger partial charge in [0.05, 0.1) is 5.69 Å². The molecule has 1 rings (SSSR count). The van der Waals surface area contributed by atoms with E-state index in [-0.39, 0.29) is 5.82 Å². The van der Waals surface area contributed by atoms with E-state index in [1.807, 2.05) is 6.92 Å². The van der Waals surface area contributed by atoms with Crippen LogP contribution in [0.15, 0.2) is 33.8 Å². The van der Waals surface area contributed by atoms with Crippen LogP contribution in [0, 0.1) is 5.82 Å². The van der Waals surface area contributed by atoms with Crippen LogP contribution in [0.25, 0.3) is 0 Å². The molecule has 0 aliphatic carbocycles. The van der Waals surface area contributed by atoms with E-state index in [9.17, 15) is 4.39 Å². The van der Waals surface area contributed by atoms with Gasteiger partial charge in [0.1, 0.15) is 5.82 Å². The van der Waals surface area contributed by atoms with Crippen molar-refractivity contribution in [1.82, 2.24) is 0 Å². The molecule has 0 aromatic heterocycles. The Morgan fingerprint density at radius 1 is 1.64 bits per heavy atom. The average Bonchev–Trinajstić information content (AvgIpc) is 2.16. The molecule has 4 heteroatoms. The molecule has 14 heavy (non-hydrogen) atoms. The van der Waals surface area contributed by atoms with Crippen molar-refractivity contribution in [3.63, 3.8) is 0 Å². The predicted octanol–water partition coefficient (Wildman–Crippen LogP) is 4.14. The van der Waals surface area contributed by atoms with E-state index in [0.29, 0.717) is 16.7 Å². The number of hydrogen-bond acceptors (Lipinski definition) is 1. The number of halogens is 3. The molecule has 1 nitrogen and oxygen atoms in total.